The highest BCUT2D eigenvalue weighted by Gasteiger charge is 2.39. The monoisotopic (exact) mass is 261 g/mol. The molecule has 2 N–H and O–H groups in total. The van der Waals surface area contributed by atoms with Gasteiger partial charge in [0.1, 0.15) is 0 Å². The van der Waals surface area contributed by atoms with E-state index in [1.165, 1.54) is 5.56 Å². The van der Waals surface area contributed by atoms with Crippen molar-refractivity contribution in [3.05, 3.63) is 30.1 Å². The number of nitrogens with zero attached hydrogens (tertiary/aromatic N) is 2. The molecule has 2 unspecified atom stereocenters. The number of amides is 1. The van der Waals surface area contributed by atoms with Crippen molar-refractivity contribution in [2.45, 2.75) is 39.2 Å². The van der Waals surface area contributed by atoms with Gasteiger partial charge in [-0.3, -0.25) is 9.78 Å². The molecule has 104 valence electrons. The van der Waals surface area contributed by atoms with E-state index in [1.807, 2.05) is 30.9 Å². The van der Waals surface area contributed by atoms with Crippen LogP contribution in [0, 0.1) is 5.41 Å². The molecule has 1 saturated heterocycles. The van der Waals surface area contributed by atoms with Crippen molar-refractivity contribution in [3.63, 3.8) is 0 Å². The number of likely N-dealkylation sites (tertiary alicyclic amines) is 1. The molecule has 0 spiro atoms. The van der Waals surface area contributed by atoms with Gasteiger partial charge in [-0.1, -0.05) is 6.92 Å². The van der Waals surface area contributed by atoms with Crippen molar-refractivity contribution in [3.8, 4) is 0 Å². The van der Waals surface area contributed by atoms with Crippen molar-refractivity contribution in [2.24, 2.45) is 11.1 Å². The van der Waals surface area contributed by atoms with Crippen LogP contribution >= 0.6 is 0 Å². The summed E-state index contributed by atoms with van der Waals surface area (Å²) < 4.78 is 0. The number of carbonyl (C=O) groups is 1. The van der Waals surface area contributed by atoms with E-state index < -0.39 is 5.41 Å². The van der Waals surface area contributed by atoms with Crippen LogP contribution in [0.3, 0.4) is 0 Å². The van der Waals surface area contributed by atoms with E-state index in [-0.39, 0.29) is 11.9 Å². The van der Waals surface area contributed by atoms with Gasteiger partial charge in [-0.05, 0) is 43.9 Å². The van der Waals surface area contributed by atoms with Crippen LogP contribution in [-0.2, 0) is 4.79 Å². The molecule has 2 rings (SSSR count). The van der Waals surface area contributed by atoms with E-state index in [9.17, 15) is 4.79 Å². The Hall–Kier alpha value is -1.42. The van der Waals surface area contributed by atoms with Crippen LogP contribution in [0.4, 0.5) is 0 Å². The van der Waals surface area contributed by atoms with Crippen LogP contribution in [0.25, 0.3) is 0 Å². The zero-order chi connectivity index (χ0) is 13.9. The first kappa shape index (κ1) is 14.0. The fraction of sp³-hybridized carbons (Fsp3) is 0.600. The topological polar surface area (TPSA) is 59.2 Å². The molecule has 0 aromatic carbocycles. The summed E-state index contributed by atoms with van der Waals surface area (Å²) in [6, 6.07) is 4.19. The minimum Gasteiger partial charge on any atom is -0.335 e. The molecule has 1 amide bonds. The molecule has 1 aliphatic heterocycles. The maximum absolute atomic E-state index is 12.7. The van der Waals surface area contributed by atoms with Crippen molar-refractivity contribution in [2.75, 3.05) is 13.1 Å². The molecule has 19 heavy (non-hydrogen) atoms. The van der Waals surface area contributed by atoms with E-state index in [1.54, 1.807) is 12.4 Å². The predicted octanol–water partition coefficient (Wildman–Crippen LogP) is 2.12. The molecular weight excluding hydrogens is 238 g/mol. The largest absolute Gasteiger partial charge is 0.335 e. The van der Waals surface area contributed by atoms with Gasteiger partial charge in [0.15, 0.2) is 0 Å². The molecule has 0 radical (unpaired) electrons. The lowest BCUT2D eigenvalue weighted by atomic mass is 9.85. The summed E-state index contributed by atoms with van der Waals surface area (Å²) in [5.41, 5.74) is 6.55. The Morgan fingerprint density at radius 1 is 1.53 bits per heavy atom. The molecule has 2 atom stereocenters. The molecule has 0 bridgehead atoms. The summed E-state index contributed by atoms with van der Waals surface area (Å²) in [5.74, 6) is 0.191. The van der Waals surface area contributed by atoms with E-state index in [0.29, 0.717) is 6.54 Å². The van der Waals surface area contributed by atoms with Crippen molar-refractivity contribution >= 4 is 5.91 Å². The Morgan fingerprint density at radius 2 is 2.21 bits per heavy atom. The number of pyridine rings is 1. The SMILES string of the molecule is CCC(C)(CN)C(=O)N1CCCC1c1ccncc1. The van der Waals surface area contributed by atoms with Crippen LogP contribution in [0.1, 0.15) is 44.7 Å². The fourth-order valence-electron chi connectivity index (χ4n) is 2.67. The molecule has 1 aromatic rings. The highest BCUT2D eigenvalue weighted by atomic mass is 16.2. The van der Waals surface area contributed by atoms with Crippen LogP contribution in [0.5, 0.6) is 0 Å². The second kappa shape index (κ2) is 5.70. The third kappa shape index (κ3) is 2.63. The number of rotatable bonds is 4. The van der Waals surface area contributed by atoms with Crippen LogP contribution in [-0.4, -0.2) is 28.9 Å². The maximum Gasteiger partial charge on any atom is 0.230 e. The summed E-state index contributed by atoms with van der Waals surface area (Å²) >= 11 is 0. The smallest absolute Gasteiger partial charge is 0.230 e. The lowest BCUT2D eigenvalue weighted by Gasteiger charge is -2.34. The van der Waals surface area contributed by atoms with Gasteiger partial charge in [-0.2, -0.15) is 0 Å². The summed E-state index contributed by atoms with van der Waals surface area (Å²) in [5, 5.41) is 0. The number of hydrogen-bond donors (Lipinski definition) is 1. The normalized spacial score (nSPS) is 22.3. The molecule has 4 nitrogen and oxygen atoms in total. The summed E-state index contributed by atoms with van der Waals surface area (Å²) in [6.45, 7) is 5.24. The zero-order valence-electron chi connectivity index (χ0n) is 11.8. The van der Waals surface area contributed by atoms with E-state index in [0.717, 1.165) is 25.8 Å². The summed E-state index contributed by atoms with van der Waals surface area (Å²) in [7, 11) is 0. The molecule has 1 aromatic heterocycles. The first-order valence-electron chi connectivity index (χ1n) is 7.03. The molecule has 0 saturated carbocycles. The van der Waals surface area contributed by atoms with Crippen LogP contribution < -0.4 is 5.73 Å². The Bertz CT molecular complexity index is 428. The first-order valence-corrected chi connectivity index (χ1v) is 7.03. The lowest BCUT2D eigenvalue weighted by molar-refractivity contribution is -0.142. The van der Waals surface area contributed by atoms with Gasteiger partial charge in [0.2, 0.25) is 5.91 Å². The van der Waals surface area contributed by atoms with E-state index in [4.69, 9.17) is 5.73 Å². The van der Waals surface area contributed by atoms with Gasteiger partial charge in [0.25, 0.3) is 0 Å². The van der Waals surface area contributed by atoms with Gasteiger partial charge in [-0.15, -0.1) is 0 Å². The number of aromatic nitrogens is 1. The zero-order valence-corrected chi connectivity index (χ0v) is 11.8. The van der Waals surface area contributed by atoms with Crippen molar-refractivity contribution < 1.29 is 4.79 Å². The third-order valence-electron chi connectivity index (χ3n) is 4.35. The van der Waals surface area contributed by atoms with E-state index in [2.05, 4.69) is 4.98 Å². The second-order valence-corrected chi connectivity index (χ2v) is 5.56. The standard InChI is InChI=1S/C15H23N3O/c1-3-15(2,11-16)14(19)18-10-4-5-13(18)12-6-8-17-9-7-12/h6-9,13H,3-5,10-11,16H2,1-2H3. The van der Waals surface area contributed by atoms with Gasteiger partial charge in [0, 0.05) is 25.5 Å². The molecule has 2 heterocycles. The minimum absolute atomic E-state index is 0.188. The number of hydrogen-bond acceptors (Lipinski definition) is 3. The Balaban J connectivity index is 2.22. The number of carbonyl (C=O) groups excluding carboxylic acids is 1. The van der Waals surface area contributed by atoms with Crippen LogP contribution in [0.15, 0.2) is 24.5 Å². The van der Waals surface area contributed by atoms with Gasteiger partial charge in [0.05, 0.1) is 11.5 Å². The van der Waals surface area contributed by atoms with Crippen molar-refractivity contribution in [1.29, 1.82) is 0 Å². The summed E-state index contributed by atoms with van der Waals surface area (Å²) in [6.07, 6.45) is 6.45. The fourth-order valence-corrected chi connectivity index (χ4v) is 2.67. The average Bonchev–Trinajstić information content (AvgIpc) is 2.95. The number of nitrogens with two attached hydrogens (primary N) is 1. The second-order valence-electron chi connectivity index (χ2n) is 5.56. The molecule has 1 aliphatic rings. The first-order chi connectivity index (χ1) is 9.12. The molecular formula is C15H23N3O. The van der Waals surface area contributed by atoms with Gasteiger partial charge < -0.3 is 10.6 Å². The Labute approximate surface area is 115 Å². The molecule has 4 heteroatoms. The quantitative estimate of drug-likeness (QED) is 0.903. The average molecular weight is 261 g/mol. The third-order valence-corrected chi connectivity index (χ3v) is 4.35. The Morgan fingerprint density at radius 3 is 2.79 bits per heavy atom. The highest BCUT2D eigenvalue weighted by Crippen LogP contribution is 2.35. The molecule has 1 fully saturated rings. The Kier molecular flexibility index (Phi) is 4.20. The highest BCUT2D eigenvalue weighted by molar-refractivity contribution is 5.83. The lowest BCUT2D eigenvalue weighted by Crippen LogP contribution is -2.45. The van der Waals surface area contributed by atoms with Crippen molar-refractivity contribution in [1.82, 2.24) is 9.88 Å². The van der Waals surface area contributed by atoms with Gasteiger partial charge >= 0.3 is 0 Å². The minimum atomic E-state index is -0.435. The molecule has 0 aliphatic carbocycles. The van der Waals surface area contributed by atoms with Gasteiger partial charge in [-0.25, -0.2) is 0 Å². The maximum atomic E-state index is 12.7. The predicted molar refractivity (Wildman–Crippen MR) is 75.4 cm³/mol. The van der Waals surface area contributed by atoms with E-state index >= 15 is 0 Å². The van der Waals surface area contributed by atoms with Crippen LogP contribution in [0.2, 0.25) is 0 Å². The summed E-state index contributed by atoms with van der Waals surface area (Å²) in [4.78, 5) is 18.8.